The van der Waals surface area contributed by atoms with Gasteiger partial charge in [0, 0.05) is 9.21 Å². The maximum absolute atomic E-state index is 6.88. The fraction of sp³-hybridized carbons (Fsp3) is 0.0270. The van der Waals surface area contributed by atoms with Gasteiger partial charge in [-0.25, -0.2) is 0 Å². The zero-order chi connectivity index (χ0) is 32.4. The SMILES string of the molecule is C.c1ccc(ON2P(Oc3ccccc3)N=P(Oc3ccccc3)(Oc3ccccc3)N(Oc3ccccc3)P2Oc2ccccc2)cc1. The standard InChI is InChI=1S/C36H30N3O6P3.CH4/c1-7-19-31(20-8-1)40-38-46(42-33-23-11-3-12-24-33)37-48(44-35-27-15-5-16-28-35,45-36-29-17-6-18-30-36)39(41-32-21-9-2-10-22-32)47(38)43-34-25-13-4-14-26-34;/h1-30H;1H4. The van der Waals surface area contributed by atoms with Crippen LogP contribution >= 0.6 is 24.6 Å². The van der Waals surface area contributed by atoms with Crippen molar-refractivity contribution in [2.45, 2.75) is 7.43 Å². The average Bonchev–Trinajstić information content (AvgIpc) is 3.14. The van der Waals surface area contributed by atoms with E-state index in [0.717, 1.165) is 0 Å². The first-order chi connectivity index (χ1) is 23.7. The smallest absolute Gasteiger partial charge is 0.440 e. The zero-order valence-electron chi connectivity index (χ0n) is 25.5. The van der Waals surface area contributed by atoms with Gasteiger partial charge >= 0.3 is 24.6 Å². The summed E-state index contributed by atoms with van der Waals surface area (Å²) in [5.74, 6) is 3.27. The highest BCUT2D eigenvalue weighted by molar-refractivity contribution is 7.78. The van der Waals surface area contributed by atoms with Gasteiger partial charge in [-0.3, -0.25) is 0 Å². The van der Waals surface area contributed by atoms with E-state index < -0.39 is 24.6 Å². The summed E-state index contributed by atoms with van der Waals surface area (Å²) in [4.78, 5) is 13.4. The lowest BCUT2D eigenvalue weighted by atomic mass is 10.3. The van der Waals surface area contributed by atoms with Gasteiger partial charge in [0.1, 0.15) is 34.5 Å². The minimum absolute atomic E-state index is 0. The summed E-state index contributed by atoms with van der Waals surface area (Å²) < 4.78 is 35.7. The van der Waals surface area contributed by atoms with Crippen LogP contribution in [0.3, 0.4) is 0 Å². The predicted molar refractivity (Wildman–Crippen MR) is 196 cm³/mol. The van der Waals surface area contributed by atoms with E-state index in [2.05, 4.69) is 0 Å². The molecule has 0 N–H and O–H groups in total. The Morgan fingerprint density at radius 3 is 1.18 bits per heavy atom. The molecule has 6 aromatic carbocycles. The van der Waals surface area contributed by atoms with E-state index in [1.807, 2.05) is 182 Å². The predicted octanol–water partition coefficient (Wildman–Crippen LogP) is 11.9. The van der Waals surface area contributed by atoms with Gasteiger partial charge in [0.2, 0.25) is 0 Å². The van der Waals surface area contributed by atoms with Crippen LogP contribution in [0.25, 0.3) is 0 Å². The summed E-state index contributed by atoms with van der Waals surface area (Å²) in [6, 6.07) is 56.4. The molecule has 1 aliphatic heterocycles. The summed E-state index contributed by atoms with van der Waals surface area (Å²) in [5, 5.41) is 0. The summed E-state index contributed by atoms with van der Waals surface area (Å²) in [6.45, 7) is 0. The number of benzene rings is 6. The molecule has 248 valence electrons. The van der Waals surface area contributed by atoms with E-state index in [1.165, 1.54) is 0 Å². The number of hydrogen-bond acceptors (Lipinski definition) is 9. The molecule has 7 rings (SSSR count). The van der Waals surface area contributed by atoms with Crippen molar-refractivity contribution < 1.29 is 27.8 Å². The molecule has 0 radical (unpaired) electrons. The van der Waals surface area contributed by atoms with Crippen molar-refractivity contribution in [3.8, 4) is 34.5 Å². The normalized spacial score (nSPS) is 17.0. The van der Waals surface area contributed by atoms with Gasteiger partial charge in [-0.15, -0.1) is 4.52 Å². The molecule has 0 fully saturated rings. The van der Waals surface area contributed by atoms with Gasteiger partial charge in [0.25, 0.3) is 0 Å². The lowest BCUT2D eigenvalue weighted by Crippen LogP contribution is -2.37. The van der Waals surface area contributed by atoms with Crippen LogP contribution in [0.1, 0.15) is 7.43 Å². The number of para-hydroxylation sites is 6. The third kappa shape index (κ3) is 8.60. The molecule has 12 heteroatoms. The molecule has 1 aliphatic rings. The van der Waals surface area contributed by atoms with Crippen molar-refractivity contribution in [1.82, 2.24) is 9.21 Å². The van der Waals surface area contributed by atoms with Crippen LogP contribution in [-0.2, 0) is 0 Å². The molecule has 0 aliphatic carbocycles. The quantitative estimate of drug-likeness (QED) is 0.116. The second kappa shape index (κ2) is 16.5. The fourth-order valence-corrected chi connectivity index (χ4v) is 11.8. The van der Waals surface area contributed by atoms with E-state index in [0.29, 0.717) is 34.5 Å². The fourth-order valence-electron chi connectivity index (χ4n) is 4.34. The van der Waals surface area contributed by atoms with Gasteiger partial charge in [-0.2, -0.15) is 0 Å². The molecule has 6 aromatic rings. The maximum Gasteiger partial charge on any atom is 0.447 e. The molecule has 1 heterocycles. The van der Waals surface area contributed by atoms with Crippen LogP contribution in [0.15, 0.2) is 187 Å². The van der Waals surface area contributed by atoms with Crippen LogP contribution < -0.4 is 27.8 Å². The van der Waals surface area contributed by atoms with Gasteiger partial charge in [-0.1, -0.05) is 117 Å². The van der Waals surface area contributed by atoms with Crippen molar-refractivity contribution >= 4 is 24.6 Å². The molecule has 0 aromatic heterocycles. The van der Waals surface area contributed by atoms with Gasteiger partial charge in [0.05, 0.1) is 0 Å². The minimum Gasteiger partial charge on any atom is -0.440 e. The first kappa shape index (κ1) is 34.0. The first-order valence-electron chi connectivity index (χ1n) is 15.0. The summed E-state index contributed by atoms with van der Waals surface area (Å²) in [7, 11) is -7.86. The summed E-state index contributed by atoms with van der Waals surface area (Å²) in [5.41, 5.74) is 0. The molecule has 0 amide bonds. The van der Waals surface area contributed by atoms with E-state index in [-0.39, 0.29) is 7.43 Å². The van der Waals surface area contributed by atoms with Crippen molar-refractivity contribution in [1.29, 1.82) is 0 Å². The molecule has 0 bridgehead atoms. The minimum atomic E-state index is -3.72. The third-order valence-electron chi connectivity index (χ3n) is 6.50. The second-order valence-corrected chi connectivity index (χ2v) is 15.5. The van der Waals surface area contributed by atoms with E-state index in [4.69, 9.17) is 32.3 Å². The van der Waals surface area contributed by atoms with Gasteiger partial charge < -0.3 is 27.8 Å². The molecular formula is C37H34N3O6P3. The van der Waals surface area contributed by atoms with Crippen LogP contribution in [0, 0.1) is 0 Å². The molecule has 2 unspecified atom stereocenters. The Morgan fingerprint density at radius 1 is 0.408 bits per heavy atom. The van der Waals surface area contributed by atoms with E-state index >= 15 is 0 Å². The molecule has 49 heavy (non-hydrogen) atoms. The molecule has 0 saturated heterocycles. The number of rotatable bonds is 12. The van der Waals surface area contributed by atoms with Crippen LogP contribution in [0.2, 0.25) is 0 Å². The lowest BCUT2D eigenvalue weighted by Gasteiger charge is -2.43. The molecule has 2 atom stereocenters. The molecule has 9 nitrogen and oxygen atoms in total. The molecule has 0 saturated carbocycles. The van der Waals surface area contributed by atoms with Crippen molar-refractivity contribution in [3.63, 3.8) is 0 Å². The van der Waals surface area contributed by atoms with E-state index in [9.17, 15) is 0 Å². The number of hydrogen-bond donors (Lipinski definition) is 0. The highest BCUT2D eigenvalue weighted by Gasteiger charge is 2.58. The summed E-state index contributed by atoms with van der Waals surface area (Å²) >= 11 is 0. The topological polar surface area (TPSA) is 74.2 Å². The number of nitrogens with zero attached hydrogens (tertiary/aromatic N) is 3. The largest absolute Gasteiger partial charge is 0.447 e. The Kier molecular flexibility index (Phi) is 11.4. The van der Waals surface area contributed by atoms with Crippen molar-refractivity contribution in [2.24, 2.45) is 4.52 Å². The molecular weight excluding hydrogens is 675 g/mol. The Hall–Kier alpha value is -4.87. The monoisotopic (exact) mass is 709 g/mol. The first-order valence-corrected chi connectivity index (χ1v) is 18.8. The van der Waals surface area contributed by atoms with Crippen molar-refractivity contribution in [2.75, 3.05) is 0 Å². The third-order valence-corrected chi connectivity index (χ3v) is 13.4. The zero-order valence-corrected chi connectivity index (χ0v) is 28.1. The Labute approximate surface area is 289 Å². The van der Waals surface area contributed by atoms with Gasteiger partial charge in [0.15, 0.2) is 0 Å². The average molecular weight is 710 g/mol. The Balaban J connectivity index is 0.00000417. The molecule has 0 spiro atoms. The highest BCUT2D eigenvalue weighted by Crippen LogP contribution is 2.77. The maximum atomic E-state index is 6.88. The van der Waals surface area contributed by atoms with Crippen LogP contribution in [0.5, 0.6) is 34.5 Å². The van der Waals surface area contributed by atoms with Crippen LogP contribution in [0.4, 0.5) is 0 Å². The second-order valence-electron chi connectivity index (χ2n) is 10.0. The Bertz CT molecular complexity index is 1870. The van der Waals surface area contributed by atoms with E-state index in [1.54, 1.807) is 9.21 Å². The Morgan fingerprint density at radius 2 is 0.755 bits per heavy atom. The van der Waals surface area contributed by atoms with Crippen LogP contribution in [-0.4, -0.2) is 9.21 Å². The summed E-state index contributed by atoms with van der Waals surface area (Å²) in [6.07, 6.45) is 0. The van der Waals surface area contributed by atoms with Crippen molar-refractivity contribution in [3.05, 3.63) is 182 Å². The highest BCUT2D eigenvalue weighted by atomic mass is 31.3. The van der Waals surface area contributed by atoms with Gasteiger partial charge in [-0.05, 0) is 72.8 Å². The lowest BCUT2D eigenvalue weighted by molar-refractivity contribution is 0.0545.